The van der Waals surface area contributed by atoms with Crippen molar-refractivity contribution in [3.8, 4) is 0 Å². The maximum atomic E-state index is 11.6. The first-order chi connectivity index (χ1) is 10.7. The van der Waals surface area contributed by atoms with Crippen LogP contribution in [0.4, 0.5) is 0 Å². The summed E-state index contributed by atoms with van der Waals surface area (Å²) >= 11 is 0. The Morgan fingerprint density at radius 1 is 1.43 bits per heavy atom. The van der Waals surface area contributed by atoms with Gasteiger partial charge in [-0.15, -0.1) is 0 Å². The van der Waals surface area contributed by atoms with E-state index in [9.17, 15) is 30.0 Å². The fourth-order valence-corrected chi connectivity index (χ4v) is 2.26. The SMILES string of the molecule is COCC(=O)N[C@H]1[C@H]([C@H](O)[C@H](O)CO)OC(O)(C(=O)O)C[C@@H]1O. The van der Waals surface area contributed by atoms with E-state index in [1.165, 1.54) is 7.11 Å². The van der Waals surface area contributed by atoms with Crippen molar-refractivity contribution in [1.82, 2.24) is 5.32 Å². The van der Waals surface area contributed by atoms with Crippen LogP contribution in [0.2, 0.25) is 0 Å². The second kappa shape index (κ2) is 7.97. The zero-order valence-electron chi connectivity index (χ0n) is 12.3. The zero-order chi connectivity index (χ0) is 17.8. The largest absolute Gasteiger partial charge is 0.477 e. The van der Waals surface area contributed by atoms with E-state index < -0.39 is 61.1 Å². The molecule has 6 atom stereocenters. The van der Waals surface area contributed by atoms with Crippen molar-refractivity contribution in [2.45, 2.75) is 42.7 Å². The van der Waals surface area contributed by atoms with E-state index >= 15 is 0 Å². The second-order valence-electron chi connectivity index (χ2n) is 5.21. The van der Waals surface area contributed by atoms with E-state index in [0.29, 0.717) is 0 Å². The van der Waals surface area contributed by atoms with Crippen molar-refractivity contribution < 1.29 is 49.7 Å². The Kier molecular flexibility index (Phi) is 6.83. The first-order valence-electron chi connectivity index (χ1n) is 6.73. The number of nitrogens with one attached hydrogen (secondary N) is 1. The van der Waals surface area contributed by atoms with Crippen LogP contribution < -0.4 is 5.32 Å². The van der Waals surface area contributed by atoms with Crippen molar-refractivity contribution in [3.05, 3.63) is 0 Å². The summed E-state index contributed by atoms with van der Waals surface area (Å²) in [5, 5.41) is 59.5. The van der Waals surface area contributed by atoms with Crippen molar-refractivity contribution in [3.63, 3.8) is 0 Å². The summed E-state index contributed by atoms with van der Waals surface area (Å²) in [6.45, 7) is -1.26. The number of rotatable bonds is 7. The molecular weight excluding hydrogens is 318 g/mol. The van der Waals surface area contributed by atoms with E-state index in [-0.39, 0.29) is 6.61 Å². The highest BCUT2D eigenvalue weighted by Crippen LogP contribution is 2.30. The number of methoxy groups -OCH3 is 1. The van der Waals surface area contributed by atoms with Gasteiger partial charge in [0.1, 0.15) is 24.9 Å². The van der Waals surface area contributed by atoms with Crippen LogP contribution in [0.15, 0.2) is 0 Å². The molecule has 11 nitrogen and oxygen atoms in total. The van der Waals surface area contributed by atoms with Gasteiger partial charge in [0.05, 0.1) is 18.8 Å². The van der Waals surface area contributed by atoms with Crippen molar-refractivity contribution in [2.24, 2.45) is 0 Å². The van der Waals surface area contributed by atoms with Gasteiger partial charge in [0.15, 0.2) is 0 Å². The standard InChI is InChI=1S/C12H21NO10/c1-22-4-7(17)13-8-5(15)2-12(21,11(19)20)23-10(8)9(18)6(16)3-14/h5-6,8-10,14-16,18,21H,2-4H2,1H3,(H,13,17)(H,19,20)/t5-,6+,8+,9+,10+,12?/m0/s1. The average Bonchev–Trinajstić information content (AvgIpc) is 2.48. The maximum Gasteiger partial charge on any atom is 0.364 e. The molecule has 1 amide bonds. The number of aliphatic carboxylic acids is 1. The molecule has 1 rings (SSSR count). The molecular formula is C12H21NO10. The number of carbonyl (C=O) groups is 2. The lowest BCUT2D eigenvalue weighted by Gasteiger charge is -2.44. The smallest absolute Gasteiger partial charge is 0.364 e. The third-order valence-electron chi connectivity index (χ3n) is 3.44. The monoisotopic (exact) mass is 339 g/mol. The Hall–Kier alpha value is -1.34. The Labute approximate surface area is 131 Å². The third-order valence-corrected chi connectivity index (χ3v) is 3.44. The van der Waals surface area contributed by atoms with Crippen LogP contribution in [0.5, 0.6) is 0 Å². The van der Waals surface area contributed by atoms with Crippen LogP contribution >= 0.6 is 0 Å². The maximum absolute atomic E-state index is 11.6. The van der Waals surface area contributed by atoms with Crippen molar-refractivity contribution in [2.75, 3.05) is 20.3 Å². The van der Waals surface area contributed by atoms with Crippen molar-refractivity contribution in [1.29, 1.82) is 0 Å². The fraction of sp³-hybridized carbons (Fsp3) is 0.833. The molecule has 0 aromatic rings. The number of carbonyl (C=O) groups excluding carboxylic acids is 1. The number of hydrogen-bond acceptors (Lipinski definition) is 9. The van der Waals surface area contributed by atoms with Crippen LogP contribution in [0.3, 0.4) is 0 Å². The zero-order valence-corrected chi connectivity index (χ0v) is 12.3. The van der Waals surface area contributed by atoms with Gasteiger partial charge in [-0.3, -0.25) is 4.79 Å². The van der Waals surface area contributed by atoms with Crippen LogP contribution in [0.25, 0.3) is 0 Å². The minimum absolute atomic E-state index is 0.377. The fourth-order valence-electron chi connectivity index (χ4n) is 2.26. The quantitative estimate of drug-likeness (QED) is 0.239. The van der Waals surface area contributed by atoms with Gasteiger partial charge in [0.25, 0.3) is 5.79 Å². The molecule has 0 saturated carbocycles. The molecule has 0 bridgehead atoms. The van der Waals surface area contributed by atoms with Gasteiger partial charge in [0, 0.05) is 13.5 Å². The number of hydrogen-bond donors (Lipinski definition) is 7. The van der Waals surface area contributed by atoms with E-state index in [1.54, 1.807) is 0 Å². The van der Waals surface area contributed by atoms with Crippen LogP contribution in [-0.4, -0.2) is 99.1 Å². The van der Waals surface area contributed by atoms with E-state index in [4.69, 9.17) is 14.9 Å². The molecule has 11 heteroatoms. The Morgan fingerprint density at radius 3 is 2.52 bits per heavy atom. The molecule has 0 spiro atoms. The summed E-state index contributed by atoms with van der Waals surface area (Å²) in [5.41, 5.74) is 0. The van der Waals surface area contributed by atoms with Gasteiger partial charge in [-0.05, 0) is 0 Å². The van der Waals surface area contributed by atoms with Crippen LogP contribution in [0.1, 0.15) is 6.42 Å². The first kappa shape index (κ1) is 19.7. The number of aliphatic hydroxyl groups excluding tert-OH is 4. The Balaban J connectivity index is 3.04. The highest BCUT2D eigenvalue weighted by Gasteiger charge is 2.53. The molecule has 0 radical (unpaired) electrons. The minimum atomic E-state index is -2.82. The summed E-state index contributed by atoms with van der Waals surface area (Å²) < 4.78 is 9.50. The molecule has 0 aromatic heterocycles. The summed E-state index contributed by atoms with van der Waals surface area (Å²) in [4.78, 5) is 22.7. The van der Waals surface area contributed by atoms with E-state index in [2.05, 4.69) is 10.1 Å². The Bertz CT molecular complexity index is 432. The summed E-state index contributed by atoms with van der Waals surface area (Å²) in [6, 6.07) is -1.34. The minimum Gasteiger partial charge on any atom is -0.477 e. The Morgan fingerprint density at radius 2 is 2.04 bits per heavy atom. The predicted octanol–water partition coefficient (Wildman–Crippen LogP) is -4.25. The molecule has 134 valence electrons. The molecule has 1 heterocycles. The van der Waals surface area contributed by atoms with Gasteiger partial charge in [-0.25, -0.2) is 4.79 Å². The first-order valence-corrected chi connectivity index (χ1v) is 6.73. The number of amides is 1. The van der Waals surface area contributed by atoms with E-state index in [0.717, 1.165) is 0 Å². The molecule has 1 saturated heterocycles. The van der Waals surface area contributed by atoms with Gasteiger partial charge in [-0.2, -0.15) is 0 Å². The van der Waals surface area contributed by atoms with Crippen LogP contribution in [0, 0.1) is 0 Å². The van der Waals surface area contributed by atoms with Gasteiger partial charge < -0.3 is 45.4 Å². The van der Waals surface area contributed by atoms with Gasteiger partial charge in [0.2, 0.25) is 5.91 Å². The molecule has 0 aromatic carbocycles. The molecule has 1 aliphatic rings. The number of carboxylic acids is 1. The molecule has 1 fully saturated rings. The van der Waals surface area contributed by atoms with Crippen molar-refractivity contribution >= 4 is 11.9 Å². The third kappa shape index (κ3) is 4.57. The molecule has 7 N–H and O–H groups in total. The van der Waals surface area contributed by atoms with Crippen LogP contribution in [-0.2, 0) is 19.1 Å². The molecule has 1 aliphatic heterocycles. The normalized spacial score (nSPS) is 33.7. The predicted molar refractivity (Wildman–Crippen MR) is 71.0 cm³/mol. The topological polar surface area (TPSA) is 186 Å². The second-order valence-corrected chi connectivity index (χ2v) is 5.21. The lowest BCUT2D eigenvalue weighted by molar-refractivity contribution is -0.295. The highest BCUT2D eigenvalue weighted by molar-refractivity contribution is 5.78. The lowest BCUT2D eigenvalue weighted by atomic mass is 9.88. The molecule has 0 aliphatic carbocycles. The highest BCUT2D eigenvalue weighted by atomic mass is 16.7. The lowest BCUT2D eigenvalue weighted by Crippen LogP contribution is -2.67. The average molecular weight is 339 g/mol. The summed E-state index contributed by atoms with van der Waals surface area (Å²) in [7, 11) is 1.25. The summed E-state index contributed by atoms with van der Waals surface area (Å²) in [5.74, 6) is -5.33. The summed E-state index contributed by atoms with van der Waals surface area (Å²) in [6.07, 6.45) is -7.70. The number of ether oxygens (including phenoxy) is 2. The molecule has 1 unspecified atom stereocenters. The van der Waals surface area contributed by atoms with Gasteiger partial charge >= 0.3 is 5.97 Å². The van der Waals surface area contributed by atoms with Gasteiger partial charge in [-0.1, -0.05) is 0 Å². The number of aliphatic hydroxyl groups is 5. The molecule has 23 heavy (non-hydrogen) atoms. The van der Waals surface area contributed by atoms with E-state index in [1.807, 2.05) is 0 Å². The number of carboxylic acid groups (broad SMARTS) is 1.